The zero-order valence-electron chi connectivity index (χ0n) is 14.8. The van der Waals surface area contributed by atoms with Gasteiger partial charge in [0, 0.05) is 32.7 Å². The fourth-order valence-electron chi connectivity index (χ4n) is 3.00. The summed E-state index contributed by atoms with van der Waals surface area (Å²) in [6, 6.07) is 22.1. The van der Waals surface area contributed by atoms with Crippen LogP contribution in [0.15, 0.2) is 73.2 Å². The van der Waals surface area contributed by atoms with Crippen molar-refractivity contribution in [1.29, 1.82) is 0 Å². The van der Waals surface area contributed by atoms with E-state index in [0.29, 0.717) is 0 Å². The molecular weight excluding hydrogens is 395 g/mol. The van der Waals surface area contributed by atoms with E-state index in [9.17, 15) is 0 Å². The average molecular weight is 413 g/mol. The summed E-state index contributed by atoms with van der Waals surface area (Å²) in [6.07, 6.45) is 8.93. The number of hydrogen-bond acceptors (Lipinski definition) is 1. The Morgan fingerprint density at radius 3 is 2.50 bits per heavy atom. The molecule has 0 bridgehead atoms. The zero-order valence-corrected chi connectivity index (χ0v) is 17.7. The fraction of sp³-hybridized carbons (Fsp3) is 0.0909. The first-order valence-corrected chi connectivity index (χ1v) is 8.23. The first-order valence-electron chi connectivity index (χ1n) is 8.23. The number of pyridine rings is 1. The van der Waals surface area contributed by atoms with Crippen molar-refractivity contribution in [3.05, 3.63) is 91.0 Å². The standard InChI is InChI=1S/C22H18N3.Y/c1-17-10-11-18(19-7-6-12-23-16-19)15-21(17)22-24(2)13-14-25(22)20-8-4-3-5-9-20;/h3-14H,1-2H3;/q-1;. The fourth-order valence-corrected chi connectivity index (χ4v) is 3.00. The van der Waals surface area contributed by atoms with Gasteiger partial charge in [0.25, 0.3) is 0 Å². The third-order valence-electron chi connectivity index (χ3n) is 4.31. The molecule has 0 fully saturated rings. The molecule has 0 N–H and O–H groups in total. The van der Waals surface area contributed by atoms with Crippen molar-refractivity contribution in [3.8, 4) is 28.2 Å². The predicted molar refractivity (Wildman–Crippen MR) is 98.0 cm³/mol. The maximum atomic E-state index is 4.10. The van der Waals surface area contributed by atoms with Crippen molar-refractivity contribution in [1.82, 2.24) is 9.55 Å². The third-order valence-corrected chi connectivity index (χ3v) is 4.31. The third kappa shape index (κ3) is 3.55. The molecule has 2 heterocycles. The molecule has 0 aliphatic carbocycles. The number of benzene rings is 2. The molecule has 3 nitrogen and oxygen atoms in total. The summed E-state index contributed by atoms with van der Waals surface area (Å²) < 4.78 is 4.32. The largest absolute Gasteiger partial charge is 0.369 e. The molecule has 4 heteroatoms. The Kier molecular flexibility index (Phi) is 5.80. The van der Waals surface area contributed by atoms with E-state index in [-0.39, 0.29) is 32.7 Å². The van der Waals surface area contributed by atoms with Crippen molar-refractivity contribution in [2.24, 2.45) is 7.05 Å². The van der Waals surface area contributed by atoms with Crippen LogP contribution >= 0.6 is 0 Å². The van der Waals surface area contributed by atoms with Crippen LogP contribution in [0.5, 0.6) is 0 Å². The summed E-state index contributed by atoms with van der Waals surface area (Å²) in [4.78, 5) is 4.10. The minimum atomic E-state index is 0. The zero-order chi connectivity index (χ0) is 17.2. The molecule has 0 aliphatic heterocycles. The summed E-state index contributed by atoms with van der Waals surface area (Å²) in [6.45, 7) is 2.12. The van der Waals surface area contributed by atoms with Gasteiger partial charge in [0.05, 0.1) is 7.05 Å². The maximum Gasteiger partial charge on any atom is 0.228 e. The van der Waals surface area contributed by atoms with E-state index < -0.39 is 0 Å². The first-order chi connectivity index (χ1) is 12.2. The second-order valence-electron chi connectivity index (χ2n) is 6.03. The number of rotatable bonds is 3. The molecular formula is C22H18N3Y-. The quantitative estimate of drug-likeness (QED) is 0.369. The number of para-hydroxylation sites is 1. The van der Waals surface area contributed by atoms with Gasteiger partial charge in [0.15, 0.2) is 0 Å². The van der Waals surface area contributed by atoms with E-state index in [4.69, 9.17) is 0 Å². The minimum absolute atomic E-state index is 0. The van der Waals surface area contributed by atoms with Crippen molar-refractivity contribution < 1.29 is 37.3 Å². The molecule has 2 aromatic heterocycles. The van der Waals surface area contributed by atoms with Crippen LogP contribution in [0.1, 0.15) is 5.56 Å². The molecule has 4 rings (SSSR count). The Bertz CT molecular complexity index is 1010. The number of aryl methyl sites for hydroxylation is 2. The molecule has 4 aromatic rings. The second kappa shape index (κ2) is 8.07. The van der Waals surface area contributed by atoms with Crippen molar-refractivity contribution in [3.63, 3.8) is 0 Å². The van der Waals surface area contributed by atoms with Crippen LogP contribution in [-0.2, 0) is 39.8 Å². The molecule has 0 unspecified atom stereocenters. The molecule has 0 spiro atoms. The molecule has 26 heavy (non-hydrogen) atoms. The monoisotopic (exact) mass is 413 g/mol. The summed E-state index contributed by atoms with van der Waals surface area (Å²) in [5.74, 6) is 1.09. The molecule has 1 radical (unpaired) electrons. The Morgan fingerprint density at radius 2 is 1.77 bits per heavy atom. The van der Waals surface area contributed by atoms with Gasteiger partial charge >= 0.3 is 0 Å². The second-order valence-corrected chi connectivity index (χ2v) is 6.03. The van der Waals surface area contributed by atoms with E-state index >= 15 is 0 Å². The number of nitrogens with zero attached hydrogens (tertiary/aromatic N) is 3. The Balaban J connectivity index is 0.00000196. The van der Waals surface area contributed by atoms with Gasteiger partial charge in [0.1, 0.15) is 18.1 Å². The van der Waals surface area contributed by atoms with Crippen LogP contribution in [0.2, 0.25) is 0 Å². The summed E-state index contributed by atoms with van der Waals surface area (Å²) in [7, 11) is 2.06. The Labute approximate surface area is 179 Å². The molecule has 0 aliphatic rings. The smallest absolute Gasteiger partial charge is 0.228 e. The van der Waals surface area contributed by atoms with Crippen LogP contribution in [-0.4, -0.2) is 9.55 Å². The van der Waals surface area contributed by atoms with E-state index in [1.165, 1.54) is 5.56 Å². The van der Waals surface area contributed by atoms with Gasteiger partial charge in [-0.3, -0.25) is 4.57 Å². The first kappa shape index (κ1) is 18.7. The summed E-state index contributed by atoms with van der Waals surface area (Å²) >= 11 is 0. The predicted octanol–water partition coefficient (Wildman–Crippen LogP) is 3.94. The average Bonchev–Trinajstić information content (AvgIpc) is 3.05. The van der Waals surface area contributed by atoms with Gasteiger partial charge in [-0.05, 0) is 17.7 Å². The molecule has 2 aromatic carbocycles. The Morgan fingerprint density at radius 1 is 0.962 bits per heavy atom. The number of imidazole rings is 1. The van der Waals surface area contributed by atoms with Gasteiger partial charge < -0.3 is 4.98 Å². The van der Waals surface area contributed by atoms with Crippen LogP contribution < -0.4 is 4.57 Å². The van der Waals surface area contributed by atoms with E-state index in [0.717, 1.165) is 28.2 Å². The van der Waals surface area contributed by atoms with Crippen molar-refractivity contribution in [2.75, 3.05) is 0 Å². The van der Waals surface area contributed by atoms with E-state index in [2.05, 4.69) is 89.1 Å². The van der Waals surface area contributed by atoms with Crippen LogP contribution in [0.25, 0.3) is 28.2 Å². The van der Waals surface area contributed by atoms with Gasteiger partial charge in [-0.15, -0.1) is 17.7 Å². The Hall–Kier alpha value is -2.10. The number of aromatic nitrogens is 3. The summed E-state index contributed by atoms with van der Waals surface area (Å²) in [5.41, 5.74) is 5.33. The van der Waals surface area contributed by atoms with Crippen molar-refractivity contribution in [2.45, 2.75) is 6.92 Å². The summed E-state index contributed by atoms with van der Waals surface area (Å²) in [5, 5.41) is 0. The maximum absolute atomic E-state index is 4.10. The van der Waals surface area contributed by atoms with E-state index in [1.54, 1.807) is 6.20 Å². The van der Waals surface area contributed by atoms with Crippen molar-refractivity contribution >= 4 is 0 Å². The topological polar surface area (TPSA) is 21.7 Å². The van der Waals surface area contributed by atoms with E-state index in [1.807, 2.05) is 18.2 Å². The van der Waals surface area contributed by atoms with Gasteiger partial charge in [-0.2, -0.15) is 29.3 Å². The normalized spacial score (nSPS) is 10.4. The van der Waals surface area contributed by atoms with Gasteiger partial charge in [-0.1, -0.05) is 37.5 Å². The minimum Gasteiger partial charge on any atom is -0.369 e. The molecule has 0 amide bonds. The molecule has 0 atom stereocenters. The van der Waals surface area contributed by atoms with Crippen LogP contribution in [0, 0.1) is 19.2 Å². The molecule has 125 valence electrons. The van der Waals surface area contributed by atoms with Crippen LogP contribution in [0.3, 0.4) is 0 Å². The molecule has 0 saturated heterocycles. The SMILES string of the molecule is Cc1ccc(-c2[c-]nccc2)[c-]c1-c1n(-c2ccccc2)cc[n+]1C.[Y]. The van der Waals surface area contributed by atoms with Gasteiger partial charge in [-0.25, -0.2) is 4.57 Å². The van der Waals surface area contributed by atoms with Crippen LogP contribution in [0.4, 0.5) is 0 Å². The molecule has 0 saturated carbocycles. The number of hydrogen-bond donors (Lipinski definition) is 0. The van der Waals surface area contributed by atoms with Gasteiger partial charge in [0.2, 0.25) is 5.82 Å².